The summed E-state index contributed by atoms with van der Waals surface area (Å²) in [4.78, 5) is 39.0. The molecule has 1 fully saturated rings. The van der Waals surface area contributed by atoms with E-state index in [9.17, 15) is 14.4 Å². The van der Waals surface area contributed by atoms with Gasteiger partial charge in [0, 0.05) is 30.1 Å². The van der Waals surface area contributed by atoms with Crippen molar-refractivity contribution in [2.45, 2.75) is 32.9 Å². The van der Waals surface area contributed by atoms with E-state index in [1.807, 2.05) is 18.2 Å². The summed E-state index contributed by atoms with van der Waals surface area (Å²) in [5, 5.41) is 11.5. The van der Waals surface area contributed by atoms with Gasteiger partial charge in [-0.3, -0.25) is 14.4 Å². The molecular formula is C24H27N5O3. The fourth-order valence-corrected chi connectivity index (χ4v) is 4.00. The number of nitrogens with one attached hydrogen (secondary N) is 2. The molecule has 2 aromatic carbocycles. The fourth-order valence-electron chi connectivity index (χ4n) is 4.00. The molecule has 0 radical (unpaired) electrons. The average Bonchev–Trinajstić information content (AvgIpc) is 3.31. The van der Waals surface area contributed by atoms with Crippen molar-refractivity contribution in [2.24, 2.45) is 0 Å². The highest BCUT2D eigenvalue weighted by Gasteiger charge is 2.15. The van der Waals surface area contributed by atoms with E-state index in [1.165, 1.54) is 24.4 Å². The lowest BCUT2D eigenvalue weighted by molar-refractivity contribution is -0.114. The van der Waals surface area contributed by atoms with E-state index in [1.54, 1.807) is 30.3 Å². The number of fused-ring (bicyclic) bond motifs is 1. The van der Waals surface area contributed by atoms with E-state index in [4.69, 9.17) is 0 Å². The van der Waals surface area contributed by atoms with Crippen molar-refractivity contribution in [1.29, 1.82) is 0 Å². The third-order valence-electron chi connectivity index (χ3n) is 5.65. The molecule has 0 bridgehead atoms. The number of rotatable bonds is 7. The minimum Gasteiger partial charge on any atom is -0.346 e. The van der Waals surface area contributed by atoms with Gasteiger partial charge in [-0.1, -0.05) is 18.2 Å². The van der Waals surface area contributed by atoms with Crippen molar-refractivity contribution in [1.82, 2.24) is 20.0 Å². The molecular weight excluding hydrogens is 406 g/mol. The summed E-state index contributed by atoms with van der Waals surface area (Å²) >= 11 is 0. The smallest absolute Gasteiger partial charge is 0.274 e. The third kappa shape index (κ3) is 5.03. The van der Waals surface area contributed by atoms with Crippen LogP contribution in [0.15, 0.2) is 53.3 Å². The van der Waals surface area contributed by atoms with Crippen molar-refractivity contribution in [3.8, 4) is 0 Å². The Morgan fingerprint density at radius 3 is 2.34 bits per heavy atom. The second-order valence-corrected chi connectivity index (χ2v) is 8.01. The van der Waals surface area contributed by atoms with Gasteiger partial charge in [-0.25, -0.2) is 4.68 Å². The van der Waals surface area contributed by atoms with Crippen LogP contribution in [0, 0.1) is 0 Å². The first-order valence-electron chi connectivity index (χ1n) is 10.9. The van der Waals surface area contributed by atoms with Crippen LogP contribution in [0.1, 0.15) is 35.8 Å². The Morgan fingerprint density at radius 2 is 1.66 bits per heavy atom. The maximum Gasteiger partial charge on any atom is 0.274 e. The predicted molar refractivity (Wildman–Crippen MR) is 124 cm³/mol. The molecule has 4 rings (SSSR count). The van der Waals surface area contributed by atoms with Crippen LogP contribution >= 0.6 is 0 Å². The van der Waals surface area contributed by atoms with Crippen molar-refractivity contribution in [2.75, 3.05) is 25.0 Å². The van der Waals surface area contributed by atoms with Gasteiger partial charge < -0.3 is 15.5 Å². The van der Waals surface area contributed by atoms with Gasteiger partial charge in [-0.05, 0) is 56.3 Å². The zero-order valence-electron chi connectivity index (χ0n) is 18.1. The molecule has 2 N–H and O–H groups in total. The van der Waals surface area contributed by atoms with Gasteiger partial charge in [-0.15, -0.1) is 0 Å². The van der Waals surface area contributed by atoms with Crippen LogP contribution in [-0.4, -0.2) is 46.1 Å². The summed E-state index contributed by atoms with van der Waals surface area (Å²) in [6, 6.07) is 14.0. The Bertz CT molecular complexity index is 1180. The quantitative estimate of drug-likeness (QED) is 0.596. The lowest BCUT2D eigenvalue weighted by atomic mass is 10.1. The molecule has 0 spiro atoms. The molecule has 8 heteroatoms. The maximum absolute atomic E-state index is 12.9. The number of likely N-dealkylation sites (tertiary alicyclic amines) is 1. The van der Waals surface area contributed by atoms with Crippen LogP contribution in [0.5, 0.6) is 0 Å². The molecule has 8 nitrogen and oxygen atoms in total. The standard InChI is InChI=1S/C24H27N5O3/c1-17(30)26-19-10-8-18(9-11-19)23(31)25-16-22-20-6-2-3-7-21(20)24(32)29(27-22)15-14-28-12-4-5-13-28/h2-3,6-11H,4-5,12-16H2,1H3,(H,25,31)(H,26,30). The summed E-state index contributed by atoms with van der Waals surface area (Å²) in [7, 11) is 0. The van der Waals surface area contributed by atoms with E-state index in [0.29, 0.717) is 28.9 Å². The number of anilines is 1. The molecule has 2 heterocycles. The van der Waals surface area contributed by atoms with Crippen molar-refractivity contribution < 1.29 is 9.59 Å². The normalized spacial score (nSPS) is 13.9. The molecule has 3 aromatic rings. The highest BCUT2D eigenvalue weighted by molar-refractivity contribution is 5.95. The number of amides is 2. The Kier molecular flexibility index (Phi) is 6.61. The molecule has 2 amide bonds. The molecule has 1 aromatic heterocycles. The van der Waals surface area contributed by atoms with Gasteiger partial charge >= 0.3 is 0 Å². The first-order valence-corrected chi connectivity index (χ1v) is 10.9. The number of hydrogen-bond donors (Lipinski definition) is 2. The number of benzene rings is 2. The largest absolute Gasteiger partial charge is 0.346 e. The van der Waals surface area contributed by atoms with Crippen molar-refractivity contribution >= 4 is 28.3 Å². The second kappa shape index (κ2) is 9.74. The summed E-state index contributed by atoms with van der Waals surface area (Å²) in [6.07, 6.45) is 2.40. The number of carbonyl (C=O) groups is 2. The Balaban J connectivity index is 1.51. The lowest BCUT2D eigenvalue weighted by Crippen LogP contribution is -2.32. The van der Waals surface area contributed by atoms with Crippen LogP contribution < -0.4 is 16.2 Å². The Hall–Kier alpha value is -3.52. The summed E-state index contributed by atoms with van der Waals surface area (Å²) in [5.41, 5.74) is 1.66. The highest BCUT2D eigenvalue weighted by Crippen LogP contribution is 2.14. The van der Waals surface area contributed by atoms with Crippen LogP contribution in [0.2, 0.25) is 0 Å². The van der Waals surface area contributed by atoms with Gasteiger partial charge in [0.2, 0.25) is 5.91 Å². The minimum atomic E-state index is -0.250. The number of hydrogen-bond acceptors (Lipinski definition) is 5. The third-order valence-corrected chi connectivity index (χ3v) is 5.65. The van der Waals surface area contributed by atoms with E-state index >= 15 is 0 Å². The van der Waals surface area contributed by atoms with E-state index in [2.05, 4.69) is 20.6 Å². The topological polar surface area (TPSA) is 96.3 Å². The SMILES string of the molecule is CC(=O)Nc1ccc(C(=O)NCc2nn(CCN3CCCC3)c(=O)c3ccccc23)cc1. The molecule has 0 saturated carbocycles. The zero-order chi connectivity index (χ0) is 22.5. The number of aromatic nitrogens is 2. The summed E-state index contributed by atoms with van der Waals surface area (Å²) in [6.45, 7) is 5.07. The molecule has 0 unspecified atom stereocenters. The average molecular weight is 434 g/mol. The van der Waals surface area contributed by atoms with Crippen molar-refractivity contribution in [3.63, 3.8) is 0 Å². The molecule has 32 heavy (non-hydrogen) atoms. The second-order valence-electron chi connectivity index (χ2n) is 8.01. The molecule has 1 saturated heterocycles. The van der Waals surface area contributed by atoms with Gasteiger partial charge in [0.1, 0.15) is 0 Å². The number of nitrogens with zero attached hydrogens (tertiary/aromatic N) is 3. The van der Waals surface area contributed by atoms with Crippen LogP contribution in [0.4, 0.5) is 5.69 Å². The van der Waals surface area contributed by atoms with Gasteiger partial charge in [-0.2, -0.15) is 5.10 Å². The van der Waals surface area contributed by atoms with Gasteiger partial charge in [0.15, 0.2) is 0 Å². The maximum atomic E-state index is 12.9. The summed E-state index contributed by atoms with van der Waals surface area (Å²) in [5.74, 6) is -0.417. The Labute approximate surface area is 186 Å². The predicted octanol–water partition coefficient (Wildman–Crippen LogP) is 2.38. The van der Waals surface area contributed by atoms with Crippen LogP contribution in [0.25, 0.3) is 10.8 Å². The van der Waals surface area contributed by atoms with E-state index in [-0.39, 0.29) is 23.9 Å². The summed E-state index contributed by atoms with van der Waals surface area (Å²) < 4.78 is 1.52. The van der Waals surface area contributed by atoms with E-state index < -0.39 is 0 Å². The molecule has 0 atom stereocenters. The van der Waals surface area contributed by atoms with Crippen molar-refractivity contribution in [3.05, 3.63) is 70.1 Å². The molecule has 1 aliphatic rings. The van der Waals surface area contributed by atoms with E-state index in [0.717, 1.165) is 25.0 Å². The first kappa shape index (κ1) is 21.7. The van der Waals surface area contributed by atoms with Gasteiger partial charge in [0.05, 0.1) is 24.2 Å². The molecule has 166 valence electrons. The highest BCUT2D eigenvalue weighted by atomic mass is 16.2. The molecule has 0 aliphatic carbocycles. The first-order chi connectivity index (χ1) is 15.5. The van der Waals surface area contributed by atoms with Crippen LogP contribution in [0.3, 0.4) is 0 Å². The van der Waals surface area contributed by atoms with Gasteiger partial charge in [0.25, 0.3) is 11.5 Å². The fraction of sp³-hybridized carbons (Fsp3) is 0.333. The lowest BCUT2D eigenvalue weighted by Gasteiger charge is -2.16. The number of carbonyl (C=O) groups excluding carboxylic acids is 2. The van der Waals surface area contributed by atoms with Crippen LogP contribution in [-0.2, 0) is 17.9 Å². The monoisotopic (exact) mass is 433 g/mol. The minimum absolute atomic E-state index is 0.108. The zero-order valence-corrected chi connectivity index (χ0v) is 18.1. The Morgan fingerprint density at radius 1 is 0.969 bits per heavy atom. The molecule has 1 aliphatic heterocycles.